The summed E-state index contributed by atoms with van der Waals surface area (Å²) in [6.45, 7) is 0.629. The van der Waals surface area contributed by atoms with E-state index >= 15 is 0 Å². The Morgan fingerprint density at radius 1 is 0.875 bits per heavy atom. The average molecular weight is 544 g/mol. The zero-order valence-corrected chi connectivity index (χ0v) is 22.1. The lowest BCUT2D eigenvalue weighted by Gasteiger charge is -2.24. The number of carbonyl (C=O) groups excluding carboxylic acids is 5. The second-order valence-corrected chi connectivity index (χ2v) is 10.6. The number of Topliss-reactive ketones (excluding diaryl/α,β-unsaturated/α-hetero) is 1. The number of carbonyl (C=O) groups is 5. The van der Waals surface area contributed by atoms with E-state index in [2.05, 4.69) is 26.3 Å². The molecule has 0 bridgehead atoms. The lowest BCUT2D eigenvalue weighted by molar-refractivity contribution is -0.141. The molecule has 2 aliphatic rings. The number of nitrogens with one attached hydrogen (secondary N) is 5. The van der Waals surface area contributed by atoms with Crippen LogP contribution in [0.25, 0.3) is 10.9 Å². The molecule has 10 heteroatoms. The van der Waals surface area contributed by atoms with Crippen molar-refractivity contribution in [1.82, 2.24) is 26.3 Å². The fraction of sp³-hybridized carbons (Fsp3) is 0.367. The summed E-state index contributed by atoms with van der Waals surface area (Å²) in [5.41, 5.74) is 1.95. The van der Waals surface area contributed by atoms with E-state index in [1.807, 2.05) is 54.6 Å². The number of ketones is 1. The second-order valence-electron chi connectivity index (χ2n) is 10.6. The van der Waals surface area contributed by atoms with E-state index in [1.54, 1.807) is 6.07 Å². The van der Waals surface area contributed by atoms with Gasteiger partial charge in [0.2, 0.25) is 17.6 Å². The van der Waals surface area contributed by atoms with E-state index in [0.29, 0.717) is 31.0 Å². The standard InChI is InChI=1S/C30H33N5O5/c36-26(30(40)32-17-19-6-2-1-3-7-19)23(16-21-12-13-31-27(21)37)34-28(38)24(14-18-10-11-18)35-29(39)25-15-20-8-4-5-9-22(20)33-25/h1-9,15,18,21,23-24,33H,10-14,16-17H2,(H,31,37)(H,32,40)(H,34,38)(H,35,39)/t21-,23?,24-/m0/s1. The van der Waals surface area contributed by atoms with E-state index in [1.165, 1.54) is 0 Å². The van der Waals surface area contributed by atoms with Gasteiger partial charge in [0.1, 0.15) is 11.7 Å². The molecule has 5 N–H and O–H groups in total. The van der Waals surface area contributed by atoms with E-state index in [-0.39, 0.29) is 18.9 Å². The number of benzene rings is 2. The van der Waals surface area contributed by atoms with Crippen LogP contribution in [0.4, 0.5) is 0 Å². The van der Waals surface area contributed by atoms with Gasteiger partial charge in [0.15, 0.2) is 0 Å². The molecule has 4 amide bonds. The first-order valence-electron chi connectivity index (χ1n) is 13.7. The van der Waals surface area contributed by atoms with Crippen LogP contribution in [0.1, 0.15) is 48.2 Å². The maximum atomic E-state index is 13.5. The molecule has 1 aliphatic carbocycles. The molecule has 5 rings (SSSR count). The normalized spacial score (nSPS) is 18.0. The fourth-order valence-electron chi connectivity index (χ4n) is 5.03. The van der Waals surface area contributed by atoms with Gasteiger partial charge in [-0.05, 0) is 42.9 Å². The Balaban J connectivity index is 1.29. The topological polar surface area (TPSA) is 149 Å². The summed E-state index contributed by atoms with van der Waals surface area (Å²) in [7, 11) is 0. The van der Waals surface area contributed by atoms with Crippen LogP contribution in [0.5, 0.6) is 0 Å². The molecule has 1 aliphatic heterocycles. The number of hydrogen-bond acceptors (Lipinski definition) is 5. The maximum Gasteiger partial charge on any atom is 0.289 e. The smallest absolute Gasteiger partial charge is 0.289 e. The summed E-state index contributed by atoms with van der Waals surface area (Å²) in [6, 6.07) is 16.3. The van der Waals surface area contributed by atoms with Crippen LogP contribution in [0.3, 0.4) is 0 Å². The molecule has 3 atom stereocenters. The molecule has 1 saturated carbocycles. The number of amides is 4. The lowest BCUT2D eigenvalue weighted by atomic mass is 9.94. The molecule has 1 saturated heterocycles. The average Bonchev–Trinajstić information content (AvgIpc) is 3.53. The Kier molecular flexibility index (Phi) is 8.23. The van der Waals surface area contributed by atoms with Crippen LogP contribution in [-0.4, -0.2) is 53.0 Å². The molecule has 0 spiro atoms. The Morgan fingerprint density at radius 3 is 2.33 bits per heavy atom. The van der Waals surface area contributed by atoms with Crippen molar-refractivity contribution in [1.29, 1.82) is 0 Å². The van der Waals surface area contributed by atoms with Gasteiger partial charge >= 0.3 is 0 Å². The Hall–Kier alpha value is -4.47. The highest BCUT2D eigenvalue weighted by Gasteiger charge is 2.37. The van der Waals surface area contributed by atoms with Gasteiger partial charge in [-0.2, -0.15) is 0 Å². The lowest BCUT2D eigenvalue weighted by Crippen LogP contribution is -2.54. The first kappa shape index (κ1) is 27.1. The summed E-state index contributed by atoms with van der Waals surface area (Å²) in [5.74, 6) is -3.07. The first-order valence-corrected chi connectivity index (χ1v) is 13.7. The minimum Gasteiger partial charge on any atom is -0.356 e. The highest BCUT2D eigenvalue weighted by Crippen LogP contribution is 2.33. The van der Waals surface area contributed by atoms with Crippen molar-refractivity contribution in [3.05, 3.63) is 71.9 Å². The first-order chi connectivity index (χ1) is 19.4. The molecule has 0 radical (unpaired) electrons. The summed E-state index contributed by atoms with van der Waals surface area (Å²) < 4.78 is 0. The largest absolute Gasteiger partial charge is 0.356 e. The predicted molar refractivity (Wildman–Crippen MR) is 148 cm³/mol. The monoisotopic (exact) mass is 543 g/mol. The van der Waals surface area contributed by atoms with Gasteiger partial charge in [-0.3, -0.25) is 24.0 Å². The predicted octanol–water partition coefficient (Wildman–Crippen LogP) is 1.96. The van der Waals surface area contributed by atoms with Crippen molar-refractivity contribution >= 4 is 40.3 Å². The van der Waals surface area contributed by atoms with E-state index in [9.17, 15) is 24.0 Å². The molecule has 1 unspecified atom stereocenters. The number of aromatic amines is 1. The SMILES string of the molecule is O=C(NCc1ccccc1)C(=O)C(C[C@@H]1CCNC1=O)NC(=O)[C@H](CC1CC1)NC(=O)c1cc2ccccc2[nH]1. The molecule has 10 nitrogen and oxygen atoms in total. The molecule has 1 aromatic heterocycles. The second kappa shape index (κ2) is 12.1. The molecule has 208 valence electrons. The minimum atomic E-state index is -1.20. The quantitative estimate of drug-likeness (QED) is 0.222. The van der Waals surface area contributed by atoms with Gasteiger partial charge in [0, 0.05) is 29.9 Å². The van der Waals surface area contributed by atoms with Gasteiger partial charge in [-0.25, -0.2) is 0 Å². The Labute approximate surface area is 231 Å². The van der Waals surface area contributed by atoms with E-state index in [0.717, 1.165) is 29.3 Å². The highest BCUT2D eigenvalue weighted by molar-refractivity contribution is 6.38. The summed E-state index contributed by atoms with van der Waals surface area (Å²) >= 11 is 0. The van der Waals surface area contributed by atoms with Crippen molar-refractivity contribution < 1.29 is 24.0 Å². The number of H-pyrrole nitrogens is 1. The molecular formula is C30H33N5O5. The van der Waals surface area contributed by atoms with Crippen LogP contribution in [-0.2, 0) is 25.7 Å². The molecule has 3 aromatic rings. The van der Waals surface area contributed by atoms with Crippen molar-refractivity contribution in [3.63, 3.8) is 0 Å². The fourth-order valence-corrected chi connectivity index (χ4v) is 5.03. The Morgan fingerprint density at radius 2 is 1.62 bits per heavy atom. The zero-order chi connectivity index (χ0) is 28.1. The maximum absolute atomic E-state index is 13.5. The number of fused-ring (bicyclic) bond motifs is 1. The van der Waals surface area contributed by atoms with Crippen LogP contribution in [0.15, 0.2) is 60.7 Å². The molecule has 2 heterocycles. The highest BCUT2D eigenvalue weighted by atomic mass is 16.2. The van der Waals surface area contributed by atoms with Crippen LogP contribution in [0, 0.1) is 11.8 Å². The Bertz CT molecular complexity index is 1380. The van der Waals surface area contributed by atoms with Gasteiger partial charge in [0.25, 0.3) is 11.8 Å². The molecule has 2 fully saturated rings. The van der Waals surface area contributed by atoms with E-state index < -0.39 is 41.5 Å². The van der Waals surface area contributed by atoms with Crippen molar-refractivity contribution in [3.8, 4) is 0 Å². The summed E-state index contributed by atoms with van der Waals surface area (Å²) in [5, 5.41) is 11.7. The van der Waals surface area contributed by atoms with Crippen molar-refractivity contribution in [2.45, 2.75) is 50.7 Å². The summed E-state index contributed by atoms with van der Waals surface area (Å²) in [4.78, 5) is 68.0. The number of rotatable bonds is 12. The number of aromatic nitrogens is 1. The van der Waals surface area contributed by atoms with Gasteiger partial charge in [0.05, 0.1) is 6.04 Å². The number of hydrogen-bond donors (Lipinski definition) is 5. The molecule has 40 heavy (non-hydrogen) atoms. The van der Waals surface area contributed by atoms with Crippen LogP contribution in [0.2, 0.25) is 0 Å². The molecule has 2 aromatic carbocycles. The van der Waals surface area contributed by atoms with Gasteiger partial charge < -0.3 is 26.3 Å². The van der Waals surface area contributed by atoms with Gasteiger partial charge in [-0.15, -0.1) is 0 Å². The molecular weight excluding hydrogens is 510 g/mol. The minimum absolute atomic E-state index is 0.00127. The van der Waals surface area contributed by atoms with Crippen molar-refractivity contribution in [2.24, 2.45) is 11.8 Å². The van der Waals surface area contributed by atoms with Crippen molar-refractivity contribution in [2.75, 3.05) is 6.54 Å². The van der Waals surface area contributed by atoms with Crippen LogP contribution < -0.4 is 21.3 Å². The van der Waals surface area contributed by atoms with Crippen LogP contribution >= 0.6 is 0 Å². The van der Waals surface area contributed by atoms with E-state index in [4.69, 9.17) is 0 Å². The third-order valence-electron chi connectivity index (χ3n) is 7.50. The third-order valence-corrected chi connectivity index (χ3v) is 7.50. The zero-order valence-electron chi connectivity index (χ0n) is 22.1. The summed E-state index contributed by atoms with van der Waals surface area (Å²) in [6.07, 6.45) is 2.84. The van der Waals surface area contributed by atoms with Gasteiger partial charge in [-0.1, -0.05) is 61.4 Å². The number of para-hydroxylation sites is 1. The third kappa shape index (κ3) is 6.74.